The molecule has 1 aromatic heterocycles. The van der Waals surface area contributed by atoms with E-state index in [-0.39, 0.29) is 0 Å². The second-order valence-electron chi connectivity index (χ2n) is 4.65. The van der Waals surface area contributed by atoms with Crippen molar-refractivity contribution in [2.24, 2.45) is 0 Å². The van der Waals surface area contributed by atoms with Crippen molar-refractivity contribution in [2.75, 3.05) is 26.3 Å². The first-order valence-electron chi connectivity index (χ1n) is 6.10. The standard InChI is InChI=1S/C14H17NOS/c1-11-2-3-13-12(10-17-14(13)8-11)9-15-4-6-16-7-5-15/h2-3,8,10H,4-7,9H2,1H3. The molecule has 0 saturated carbocycles. The molecule has 0 aliphatic carbocycles. The molecule has 0 N–H and O–H groups in total. The molecule has 2 nitrogen and oxygen atoms in total. The van der Waals surface area contributed by atoms with Gasteiger partial charge in [0, 0.05) is 24.3 Å². The van der Waals surface area contributed by atoms with Crippen molar-refractivity contribution in [2.45, 2.75) is 13.5 Å². The number of hydrogen-bond donors (Lipinski definition) is 0. The second-order valence-corrected chi connectivity index (χ2v) is 5.56. The van der Waals surface area contributed by atoms with Gasteiger partial charge in [-0.3, -0.25) is 4.90 Å². The fraction of sp³-hybridized carbons (Fsp3) is 0.429. The van der Waals surface area contributed by atoms with Gasteiger partial charge in [0.05, 0.1) is 13.2 Å². The number of fused-ring (bicyclic) bond motifs is 1. The summed E-state index contributed by atoms with van der Waals surface area (Å²) < 4.78 is 6.79. The normalized spacial score (nSPS) is 17.7. The molecular formula is C14H17NOS. The zero-order valence-corrected chi connectivity index (χ0v) is 10.9. The Morgan fingerprint density at radius 2 is 2.12 bits per heavy atom. The molecule has 0 unspecified atom stereocenters. The fourth-order valence-corrected chi connectivity index (χ4v) is 3.36. The highest BCUT2D eigenvalue weighted by Crippen LogP contribution is 2.28. The summed E-state index contributed by atoms with van der Waals surface area (Å²) in [6.45, 7) is 7.09. The highest BCUT2D eigenvalue weighted by molar-refractivity contribution is 7.17. The molecule has 2 heterocycles. The average molecular weight is 247 g/mol. The van der Waals surface area contributed by atoms with E-state index in [9.17, 15) is 0 Å². The minimum Gasteiger partial charge on any atom is -0.379 e. The average Bonchev–Trinajstić information content (AvgIpc) is 2.73. The first-order chi connectivity index (χ1) is 8.33. The van der Waals surface area contributed by atoms with Crippen LogP contribution in [0.5, 0.6) is 0 Å². The Bertz CT molecular complexity index is 514. The number of ether oxygens (including phenoxy) is 1. The topological polar surface area (TPSA) is 12.5 Å². The Balaban J connectivity index is 1.84. The van der Waals surface area contributed by atoms with Gasteiger partial charge < -0.3 is 4.74 Å². The summed E-state index contributed by atoms with van der Waals surface area (Å²) in [4.78, 5) is 2.48. The molecule has 0 amide bonds. The number of benzene rings is 1. The lowest BCUT2D eigenvalue weighted by molar-refractivity contribution is 0.0344. The molecule has 1 saturated heterocycles. The van der Waals surface area contributed by atoms with Gasteiger partial charge in [0.2, 0.25) is 0 Å². The van der Waals surface area contributed by atoms with Crippen LogP contribution in [0.3, 0.4) is 0 Å². The van der Waals surface area contributed by atoms with Crippen molar-refractivity contribution in [3.8, 4) is 0 Å². The van der Waals surface area contributed by atoms with Crippen molar-refractivity contribution in [3.05, 3.63) is 34.7 Å². The van der Waals surface area contributed by atoms with Gasteiger partial charge in [-0.2, -0.15) is 0 Å². The van der Waals surface area contributed by atoms with Crippen LogP contribution in [-0.2, 0) is 11.3 Å². The van der Waals surface area contributed by atoms with Crippen LogP contribution in [0.25, 0.3) is 10.1 Å². The van der Waals surface area contributed by atoms with E-state index in [2.05, 4.69) is 35.4 Å². The molecule has 2 aromatic rings. The van der Waals surface area contributed by atoms with Crippen molar-refractivity contribution >= 4 is 21.4 Å². The maximum atomic E-state index is 5.38. The van der Waals surface area contributed by atoms with Crippen molar-refractivity contribution in [1.29, 1.82) is 0 Å². The number of thiophene rings is 1. The van der Waals surface area contributed by atoms with E-state index < -0.39 is 0 Å². The lowest BCUT2D eigenvalue weighted by atomic mass is 10.1. The maximum Gasteiger partial charge on any atom is 0.0594 e. The van der Waals surface area contributed by atoms with Crippen LogP contribution in [0.15, 0.2) is 23.6 Å². The Morgan fingerprint density at radius 1 is 1.29 bits per heavy atom. The van der Waals surface area contributed by atoms with E-state index in [1.54, 1.807) is 0 Å². The summed E-state index contributed by atoms with van der Waals surface area (Å²) in [7, 11) is 0. The molecule has 0 spiro atoms. The first kappa shape index (κ1) is 11.2. The molecule has 3 heteroatoms. The second kappa shape index (κ2) is 4.77. The lowest BCUT2D eigenvalue weighted by Gasteiger charge is -2.26. The van der Waals surface area contributed by atoms with E-state index in [1.165, 1.54) is 21.2 Å². The molecule has 0 bridgehead atoms. The Kier molecular flexibility index (Phi) is 3.14. The van der Waals surface area contributed by atoms with Crippen LogP contribution in [0.1, 0.15) is 11.1 Å². The predicted octanol–water partition coefficient (Wildman–Crippen LogP) is 3.04. The number of aryl methyl sites for hydroxylation is 1. The minimum absolute atomic E-state index is 0.876. The minimum atomic E-state index is 0.876. The van der Waals surface area contributed by atoms with Crippen LogP contribution >= 0.6 is 11.3 Å². The Morgan fingerprint density at radius 3 is 2.94 bits per heavy atom. The highest BCUT2D eigenvalue weighted by Gasteiger charge is 2.13. The largest absolute Gasteiger partial charge is 0.379 e. The molecule has 3 rings (SSSR count). The van der Waals surface area contributed by atoms with Gasteiger partial charge in [-0.1, -0.05) is 12.1 Å². The first-order valence-corrected chi connectivity index (χ1v) is 6.98. The Labute approximate surface area is 106 Å². The molecule has 1 aliphatic rings. The molecule has 1 fully saturated rings. The summed E-state index contributed by atoms with van der Waals surface area (Å²) in [5, 5.41) is 3.73. The number of morpholine rings is 1. The molecule has 1 aromatic carbocycles. The van der Waals surface area contributed by atoms with Crippen molar-refractivity contribution in [3.63, 3.8) is 0 Å². The van der Waals surface area contributed by atoms with E-state index in [4.69, 9.17) is 4.74 Å². The highest BCUT2D eigenvalue weighted by atomic mass is 32.1. The van der Waals surface area contributed by atoms with E-state index in [1.807, 2.05) is 11.3 Å². The summed E-state index contributed by atoms with van der Waals surface area (Å²) >= 11 is 1.86. The maximum absolute atomic E-state index is 5.38. The third-order valence-electron chi connectivity index (χ3n) is 3.31. The van der Waals surface area contributed by atoms with Gasteiger partial charge in [-0.25, -0.2) is 0 Å². The number of rotatable bonds is 2. The lowest BCUT2D eigenvalue weighted by Crippen LogP contribution is -2.35. The summed E-state index contributed by atoms with van der Waals surface area (Å²) in [5.41, 5.74) is 2.81. The van der Waals surface area contributed by atoms with Gasteiger partial charge in [0.25, 0.3) is 0 Å². The fourth-order valence-electron chi connectivity index (χ4n) is 2.31. The van der Waals surface area contributed by atoms with Gasteiger partial charge in [0.15, 0.2) is 0 Å². The Hall–Kier alpha value is -0.900. The van der Waals surface area contributed by atoms with E-state index >= 15 is 0 Å². The SMILES string of the molecule is Cc1ccc2c(CN3CCOCC3)csc2c1. The van der Waals surface area contributed by atoms with E-state index in [0.29, 0.717) is 0 Å². The van der Waals surface area contributed by atoms with E-state index in [0.717, 1.165) is 32.8 Å². The monoisotopic (exact) mass is 247 g/mol. The smallest absolute Gasteiger partial charge is 0.0594 e. The van der Waals surface area contributed by atoms with Crippen molar-refractivity contribution in [1.82, 2.24) is 4.90 Å². The van der Waals surface area contributed by atoms with Gasteiger partial charge in [-0.15, -0.1) is 11.3 Å². The molecular weight excluding hydrogens is 230 g/mol. The van der Waals surface area contributed by atoms with Gasteiger partial charge in [-0.05, 0) is 34.9 Å². The zero-order valence-electron chi connectivity index (χ0n) is 10.1. The van der Waals surface area contributed by atoms with Crippen LogP contribution in [-0.4, -0.2) is 31.2 Å². The number of hydrogen-bond acceptors (Lipinski definition) is 3. The summed E-state index contributed by atoms with van der Waals surface area (Å²) in [6.07, 6.45) is 0. The number of nitrogens with zero attached hydrogens (tertiary/aromatic N) is 1. The quantitative estimate of drug-likeness (QED) is 0.809. The van der Waals surface area contributed by atoms with Crippen LogP contribution < -0.4 is 0 Å². The molecule has 1 aliphatic heterocycles. The molecule has 17 heavy (non-hydrogen) atoms. The third-order valence-corrected chi connectivity index (χ3v) is 4.30. The van der Waals surface area contributed by atoms with Crippen LogP contribution in [0.4, 0.5) is 0 Å². The third kappa shape index (κ3) is 2.37. The zero-order chi connectivity index (χ0) is 11.7. The predicted molar refractivity (Wildman–Crippen MR) is 72.7 cm³/mol. The molecule has 0 radical (unpaired) electrons. The summed E-state index contributed by atoms with van der Waals surface area (Å²) in [5.74, 6) is 0. The molecule has 0 atom stereocenters. The summed E-state index contributed by atoms with van der Waals surface area (Å²) in [6, 6.07) is 6.75. The van der Waals surface area contributed by atoms with Gasteiger partial charge in [0.1, 0.15) is 0 Å². The van der Waals surface area contributed by atoms with Crippen LogP contribution in [0.2, 0.25) is 0 Å². The van der Waals surface area contributed by atoms with Crippen molar-refractivity contribution < 1.29 is 4.74 Å². The molecule has 90 valence electrons. The van der Waals surface area contributed by atoms with Gasteiger partial charge >= 0.3 is 0 Å². The van der Waals surface area contributed by atoms with Crippen LogP contribution in [0, 0.1) is 6.92 Å².